The van der Waals surface area contributed by atoms with Crippen LogP contribution in [0.3, 0.4) is 0 Å². The van der Waals surface area contributed by atoms with Gasteiger partial charge in [0.25, 0.3) is 15.9 Å². The number of carbonyl (C=O) groups excluding carboxylic acids is 2. The van der Waals surface area contributed by atoms with Gasteiger partial charge in [-0.15, -0.1) is 0 Å². The highest BCUT2D eigenvalue weighted by Gasteiger charge is 2.20. The summed E-state index contributed by atoms with van der Waals surface area (Å²) in [5.74, 6) is -1.48. The van der Waals surface area contributed by atoms with Crippen LogP contribution in [0.25, 0.3) is 0 Å². The van der Waals surface area contributed by atoms with Gasteiger partial charge in [0, 0.05) is 11.9 Å². The van der Waals surface area contributed by atoms with Gasteiger partial charge in [-0.3, -0.25) is 9.52 Å². The second-order valence-corrected chi connectivity index (χ2v) is 9.56. The van der Waals surface area contributed by atoms with E-state index in [0.717, 1.165) is 5.56 Å². The van der Waals surface area contributed by atoms with Crippen LogP contribution in [0.2, 0.25) is 10.0 Å². The molecule has 11 heteroatoms. The molecule has 1 aromatic heterocycles. The molecule has 0 aliphatic heterocycles. The van der Waals surface area contributed by atoms with Gasteiger partial charge in [-0.2, -0.15) is 0 Å². The number of sulfonamides is 1. The summed E-state index contributed by atoms with van der Waals surface area (Å²) in [6.07, 6.45) is 1.30. The van der Waals surface area contributed by atoms with E-state index in [0.29, 0.717) is 16.3 Å². The van der Waals surface area contributed by atoms with Crippen LogP contribution in [0.4, 0.5) is 11.5 Å². The number of esters is 1. The molecule has 0 unspecified atom stereocenters. The highest BCUT2D eigenvalue weighted by Crippen LogP contribution is 2.23. The van der Waals surface area contributed by atoms with Crippen molar-refractivity contribution in [3.63, 3.8) is 0 Å². The molecule has 33 heavy (non-hydrogen) atoms. The van der Waals surface area contributed by atoms with Crippen LogP contribution in [0.1, 0.15) is 21.5 Å². The molecular formula is C22H19Cl2N3O5S. The Morgan fingerprint density at radius 1 is 1.06 bits per heavy atom. The fraction of sp³-hybridized carbons (Fsp3) is 0.136. The molecule has 3 aromatic rings. The largest absolute Gasteiger partial charge is 0.452 e. The van der Waals surface area contributed by atoms with Gasteiger partial charge < -0.3 is 10.1 Å². The number of nitrogens with one attached hydrogen (secondary N) is 2. The Labute approximate surface area is 200 Å². The van der Waals surface area contributed by atoms with Crippen LogP contribution in [0.5, 0.6) is 0 Å². The Kier molecular flexibility index (Phi) is 7.57. The lowest BCUT2D eigenvalue weighted by atomic mass is 10.1. The molecule has 0 aliphatic carbocycles. The number of aryl methyl sites for hydroxylation is 2. The van der Waals surface area contributed by atoms with Crippen molar-refractivity contribution in [3.05, 3.63) is 81.5 Å². The maximum atomic E-state index is 12.9. The molecule has 0 bridgehead atoms. The highest BCUT2D eigenvalue weighted by atomic mass is 35.5. The van der Waals surface area contributed by atoms with E-state index in [2.05, 4.69) is 15.0 Å². The molecule has 0 saturated carbocycles. The van der Waals surface area contributed by atoms with E-state index in [1.165, 1.54) is 30.5 Å². The topological polar surface area (TPSA) is 114 Å². The van der Waals surface area contributed by atoms with Crippen molar-refractivity contribution in [3.8, 4) is 0 Å². The van der Waals surface area contributed by atoms with E-state index in [1.807, 2.05) is 13.0 Å². The van der Waals surface area contributed by atoms with E-state index >= 15 is 0 Å². The lowest BCUT2D eigenvalue weighted by molar-refractivity contribution is -0.119. The van der Waals surface area contributed by atoms with Crippen molar-refractivity contribution >= 4 is 56.6 Å². The Bertz CT molecular complexity index is 1330. The molecule has 2 N–H and O–H groups in total. The lowest BCUT2D eigenvalue weighted by Crippen LogP contribution is -2.22. The Morgan fingerprint density at radius 3 is 2.52 bits per heavy atom. The molecule has 1 heterocycles. The quantitative estimate of drug-likeness (QED) is 0.451. The first-order valence-electron chi connectivity index (χ1n) is 9.53. The fourth-order valence-corrected chi connectivity index (χ4v) is 4.57. The first kappa shape index (κ1) is 24.5. The number of hydrogen-bond donors (Lipinski definition) is 2. The molecule has 8 nitrogen and oxygen atoms in total. The Balaban J connectivity index is 1.70. The zero-order chi connectivity index (χ0) is 24.2. The number of amides is 1. The van der Waals surface area contributed by atoms with E-state index in [-0.39, 0.29) is 21.3 Å². The van der Waals surface area contributed by atoms with Crippen molar-refractivity contribution in [2.75, 3.05) is 16.6 Å². The van der Waals surface area contributed by atoms with Crippen LogP contribution in [0.15, 0.2) is 59.6 Å². The smallest absolute Gasteiger partial charge is 0.338 e. The Hall–Kier alpha value is -3.14. The second-order valence-electron chi connectivity index (χ2n) is 7.06. The van der Waals surface area contributed by atoms with Crippen molar-refractivity contribution in [1.82, 2.24) is 4.98 Å². The third-order valence-electron chi connectivity index (χ3n) is 4.38. The van der Waals surface area contributed by atoms with Gasteiger partial charge in [0.05, 0.1) is 20.5 Å². The maximum absolute atomic E-state index is 12.9. The number of halogens is 2. The van der Waals surface area contributed by atoms with E-state index < -0.39 is 28.5 Å². The average Bonchev–Trinajstić information content (AvgIpc) is 2.74. The molecular weight excluding hydrogens is 489 g/mol. The number of benzene rings is 2. The Morgan fingerprint density at radius 2 is 1.82 bits per heavy atom. The number of anilines is 2. The summed E-state index contributed by atoms with van der Waals surface area (Å²) in [4.78, 5) is 28.3. The minimum Gasteiger partial charge on any atom is -0.452 e. The molecule has 3 rings (SSSR count). The zero-order valence-electron chi connectivity index (χ0n) is 17.6. The van der Waals surface area contributed by atoms with Crippen LogP contribution < -0.4 is 10.0 Å². The molecule has 2 aromatic carbocycles. The number of ether oxygens (including phenoxy) is 1. The van der Waals surface area contributed by atoms with Gasteiger partial charge in [-0.25, -0.2) is 18.2 Å². The highest BCUT2D eigenvalue weighted by molar-refractivity contribution is 7.92. The minimum absolute atomic E-state index is 0.0272. The van der Waals surface area contributed by atoms with Crippen LogP contribution in [0, 0.1) is 13.8 Å². The third-order valence-corrected chi connectivity index (χ3v) is 6.40. The monoisotopic (exact) mass is 507 g/mol. The van der Waals surface area contributed by atoms with Crippen molar-refractivity contribution in [1.29, 1.82) is 0 Å². The molecule has 0 fully saturated rings. The van der Waals surface area contributed by atoms with Crippen molar-refractivity contribution in [2.45, 2.75) is 18.7 Å². The maximum Gasteiger partial charge on any atom is 0.338 e. The lowest BCUT2D eigenvalue weighted by Gasteiger charge is -2.12. The van der Waals surface area contributed by atoms with Gasteiger partial charge in [-0.05, 0) is 55.3 Å². The zero-order valence-corrected chi connectivity index (χ0v) is 19.9. The molecule has 1 amide bonds. The molecule has 0 atom stereocenters. The number of rotatable bonds is 7. The molecule has 172 valence electrons. The summed E-state index contributed by atoms with van der Waals surface area (Å²) in [6.45, 7) is 2.82. The van der Waals surface area contributed by atoms with Gasteiger partial charge in [0.1, 0.15) is 0 Å². The van der Waals surface area contributed by atoms with Gasteiger partial charge >= 0.3 is 5.97 Å². The summed E-state index contributed by atoms with van der Waals surface area (Å²) < 4.78 is 33.3. The number of carbonyl (C=O) groups is 2. The summed E-state index contributed by atoms with van der Waals surface area (Å²) in [5, 5.41) is 2.82. The number of hydrogen-bond acceptors (Lipinski definition) is 6. The van der Waals surface area contributed by atoms with E-state index in [4.69, 9.17) is 27.9 Å². The third kappa shape index (κ3) is 6.44. The molecule has 0 aliphatic rings. The molecule has 0 spiro atoms. The molecule has 0 saturated heterocycles. The predicted molar refractivity (Wildman–Crippen MR) is 126 cm³/mol. The van der Waals surface area contributed by atoms with E-state index in [1.54, 1.807) is 25.1 Å². The predicted octanol–water partition coefficient (Wildman–Crippen LogP) is 4.60. The van der Waals surface area contributed by atoms with Gasteiger partial charge in [0.15, 0.2) is 12.4 Å². The van der Waals surface area contributed by atoms with Crippen LogP contribution in [-0.2, 0) is 19.6 Å². The minimum atomic E-state index is -3.97. The molecule has 0 radical (unpaired) electrons. The van der Waals surface area contributed by atoms with Gasteiger partial charge in [0.2, 0.25) is 0 Å². The standard InChI is InChI=1S/C22H19Cl2N3O5S/c1-13-4-3-5-17(8-13)27-33(30,31)19-9-15(7-6-14(19)2)22(29)32-12-20(28)26-21-18(24)10-16(23)11-25-21/h3-11,27H,12H2,1-2H3,(H,25,26,28). The van der Waals surface area contributed by atoms with Gasteiger partial charge in [-0.1, -0.05) is 41.4 Å². The van der Waals surface area contributed by atoms with Crippen LogP contribution in [-0.4, -0.2) is 31.9 Å². The van der Waals surface area contributed by atoms with E-state index in [9.17, 15) is 18.0 Å². The van der Waals surface area contributed by atoms with Crippen molar-refractivity contribution < 1.29 is 22.7 Å². The summed E-state index contributed by atoms with van der Waals surface area (Å²) in [5.41, 5.74) is 1.69. The first-order valence-corrected chi connectivity index (χ1v) is 11.8. The number of aromatic nitrogens is 1. The second kappa shape index (κ2) is 10.2. The fourth-order valence-electron chi connectivity index (χ4n) is 2.82. The first-order chi connectivity index (χ1) is 15.5. The summed E-state index contributed by atoms with van der Waals surface area (Å²) in [6, 6.07) is 12.4. The summed E-state index contributed by atoms with van der Waals surface area (Å²) in [7, 11) is -3.97. The number of nitrogens with zero attached hydrogens (tertiary/aromatic N) is 1. The average molecular weight is 508 g/mol. The van der Waals surface area contributed by atoms with Crippen LogP contribution >= 0.6 is 23.2 Å². The SMILES string of the molecule is Cc1cccc(NS(=O)(=O)c2cc(C(=O)OCC(=O)Nc3ncc(Cl)cc3Cl)ccc2C)c1. The normalized spacial score (nSPS) is 11.0. The van der Waals surface area contributed by atoms with Crippen molar-refractivity contribution in [2.24, 2.45) is 0 Å². The summed E-state index contributed by atoms with van der Waals surface area (Å²) >= 11 is 11.7. The number of pyridine rings is 1.